The Hall–Kier alpha value is -1.78. The summed E-state index contributed by atoms with van der Waals surface area (Å²) in [6.45, 7) is 9.21. The lowest BCUT2D eigenvalue weighted by Crippen LogP contribution is -2.35. The average molecular weight is 251 g/mol. The van der Waals surface area contributed by atoms with E-state index in [4.69, 9.17) is 10.8 Å². The highest BCUT2D eigenvalue weighted by molar-refractivity contribution is 5.89. The molecule has 3 N–H and O–H groups in total. The Bertz CT molecular complexity index is 430. The van der Waals surface area contributed by atoms with Gasteiger partial charge >= 0.3 is 5.97 Å². The number of carbonyl (C=O) groups is 1. The summed E-state index contributed by atoms with van der Waals surface area (Å²) in [7, 11) is 0. The second-order valence-electron chi connectivity index (χ2n) is 5.08. The van der Waals surface area contributed by atoms with Crippen molar-refractivity contribution in [3.05, 3.63) is 17.8 Å². The van der Waals surface area contributed by atoms with Gasteiger partial charge in [-0.25, -0.2) is 9.78 Å². The lowest BCUT2D eigenvalue weighted by molar-refractivity contribution is 0.0696. The van der Waals surface area contributed by atoms with Crippen molar-refractivity contribution >= 4 is 17.5 Å². The molecule has 0 aromatic carbocycles. The van der Waals surface area contributed by atoms with Crippen LogP contribution in [0.25, 0.3) is 0 Å². The van der Waals surface area contributed by atoms with Gasteiger partial charge in [0.05, 0.1) is 11.3 Å². The van der Waals surface area contributed by atoms with Crippen LogP contribution in [-0.4, -0.2) is 28.6 Å². The van der Waals surface area contributed by atoms with Gasteiger partial charge < -0.3 is 15.7 Å². The zero-order chi connectivity index (χ0) is 13.9. The Balaban J connectivity index is 3.09. The molecule has 0 spiro atoms. The summed E-state index contributed by atoms with van der Waals surface area (Å²) >= 11 is 0. The summed E-state index contributed by atoms with van der Waals surface area (Å²) in [6, 6.07) is 1.72. The molecule has 1 rings (SSSR count). The number of carboxylic acid groups (broad SMARTS) is 1. The van der Waals surface area contributed by atoms with Crippen molar-refractivity contribution < 1.29 is 9.90 Å². The number of aromatic carboxylic acids is 1. The minimum absolute atomic E-state index is 0.115. The molecule has 0 amide bonds. The second kappa shape index (κ2) is 5.71. The Morgan fingerprint density at radius 3 is 2.44 bits per heavy atom. The maximum atomic E-state index is 10.8. The molecule has 1 heterocycles. The molecule has 0 saturated carbocycles. The Labute approximate surface area is 108 Å². The quantitative estimate of drug-likeness (QED) is 0.839. The fraction of sp³-hybridized carbons (Fsp3) is 0.538. The van der Waals surface area contributed by atoms with Crippen molar-refractivity contribution in [2.24, 2.45) is 5.92 Å². The molecular weight excluding hydrogens is 230 g/mol. The fourth-order valence-corrected chi connectivity index (χ4v) is 1.77. The number of nitrogens with two attached hydrogens (primary N) is 1. The van der Waals surface area contributed by atoms with Gasteiger partial charge in [0.25, 0.3) is 0 Å². The van der Waals surface area contributed by atoms with E-state index in [2.05, 4.69) is 37.6 Å². The van der Waals surface area contributed by atoms with E-state index in [1.54, 1.807) is 0 Å². The molecule has 0 unspecified atom stereocenters. The van der Waals surface area contributed by atoms with E-state index in [0.29, 0.717) is 17.4 Å². The number of hydrogen-bond donors (Lipinski definition) is 2. The van der Waals surface area contributed by atoms with E-state index in [0.717, 1.165) is 6.54 Å². The second-order valence-corrected chi connectivity index (χ2v) is 5.08. The van der Waals surface area contributed by atoms with Gasteiger partial charge in [0.2, 0.25) is 0 Å². The Morgan fingerprint density at radius 1 is 1.44 bits per heavy atom. The van der Waals surface area contributed by atoms with Crippen LogP contribution in [0.1, 0.15) is 38.1 Å². The number of carboxylic acids is 1. The number of aromatic nitrogens is 1. The Morgan fingerprint density at radius 2 is 2.06 bits per heavy atom. The molecule has 0 aliphatic carbocycles. The third kappa shape index (κ3) is 3.35. The molecule has 5 heteroatoms. The summed E-state index contributed by atoms with van der Waals surface area (Å²) in [5, 5.41) is 8.88. The van der Waals surface area contributed by atoms with Gasteiger partial charge in [0.1, 0.15) is 0 Å². The first-order valence-electron chi connectivity index (χ1n) is 6.08. The van der Waals surface area contributed by atoms with Crippen molar-refractivity contribution in [2.45, 2.75) is 33.7 Å². The predicted octanol–water partition coefficient (Wildman–Crippen LogP) is 2.23. The standard InChI is InChI=1S/C13H21N3O2/c1-8(2)7-16(9(3)4)12-11(14)5-10(6-15-12)13(17)18/h5-6,8-9H,7,14H2,1-4H3,(H,17,18). The lowest BCUT2D eigenvalue weighted by Gasteiger charge is -2.30. The normalized spacial score (nSPS) is 11.0. The van der Waals surface area contributed by atoms with Crippen LogP contribution in [0.3, 0.4) is 0 Å². The van der Waals surface area contributed by atoms with E-state index in [9.17, 15) is 4.79 Å². The van der Waals surface area contributed by atoms with E-state index in [-0.39, 0.29) is 11.6 Å². The minimum Gasteiger partial charge on any atom is -0.478 e. The van der Waals surface area contributed by atoms with Crippen LogP contribution in [0.5, 0.6) is 0 Å². The number of hydrogen-bond acceptors (Lipinski definition) is 4. The topological polar surface area (TPSA) is 79.5 Å². The van der Waals surface area contributed by atoms with Gasteiger partial charge in [-0.3, -0.25) is 0 Å². The maximum Gasteiger partial charge on any atom is 0.337 e. The third-order valence-corrected chi connectivity index (χ3v) is 2.60. The molecule has 1 aromatic rings. The molecule has 0 bridgehead atoms. The van der Waals surface area contributed by atoms with Crippen molar-refractivity contribution in [1.82, 2.24) is 4.98 Å². The lowest BCUT2D eigenvalue weighted by atomic mass is 10.1. The first kappa shape index (κ1) is 14.3. The molecule has 0 radical (unpaired) electrons. The van der Waals surface area contributed by atoms with Gasteiger partial charge in [0, 0.05) is 18.8 Å². The van der Waals surface area contributed by atoms with Crippen LogP contribution in [0.15, 0.2) is 12.3 Å². The Kier molecular flexibility index (Phi) is 4.53. The average Bonchev–Trinajstić information content (AvgIpc) is 2.25. The minimum atomic E-state index is -1.01. The first-order valence-corrected chi connectivity index (χ1v) is 6.08. The van der Waals surface area contributed by atoms with Crippen LogP contribution in [-0.2, 0) is 0 Å². The molecule has 0 aliphatic rings. The highest BCUT2D eigenvalue weighted by Gasteiger charge is 2.17. The smallest absolute Gasteiger partial charge is 0.337 e. The van der Waals surface area contributed by atoms with Crippen LogP contribution < -0.4 is 10.6 Å². The van der Waals surface area contributed by atoms with Gasteiger partial charge in [0.15, 0.2) is 5.82 Å². The van der Waals surface area contributed by atoms with Crippen LogP contribution in [0.4, 0.5) is 11.5 Å². The van der Waals surface area contributed by atoms with Gasteiger partial charge in [-0.05, 0) is 25.8 Å². The third-order valence-electron chi connectivity index (χ3n) is 2.60. The van der Waals surface area contributed by atoms with Crippen molar-refractivity contribution in [3.63, 3.8) is 0 Å². The SMILES string of the molecule is CC(C)CN(c1ncc(C(=O)O)cc1N)C(C)C. The molecule has 100 valence electrons. The number of nitrogen functional groups attached to an aromatic ring is 1. The molecule has 5 nitrogen and oxygen atoms in total. The fourth-order valence-electron chi connectivity index (χ4n) is 1.77. The van der Waals surface area contributed by atoms with Crippen LogP contribution >= 0.6 is 0 Å². The summed E-state index contributed by atoms with van der Waals surface area (Å²) in [5.41, 5.74) is 6.43. The number of nitrogens with zero attached hydrogens (tertiary/aromatic N) is 2. The van der Waals surface area contributed by atoms with E-state index in [1.807, 2.05) is 0 Å². The summed E-state index contributed by atoms with van der Waals surface area (Å²) in [5.74, 6) is 0.122. The van der Waals surface area contributed by atoms with E-state index < -0.39 is 5.97 Å². The van der Waals surface area contributed by atoms with E-state index >= 15 is 0 Å². The van der Waals surface area contributed by atoms with Crippen molar-refractivity contribution in [3.8, 4) is 0 Å². The zero-order valence-corrected chi connectivity index (χ0v) is 11.3. The first-order chi connectivity index (χ1) is 8.32. The summed E-state index contributed by atoms with van der Waals surface area (Å²) in [6.07, 6.45) is 1.35. The molecule has 0 fully saturated rings. The predicted molar refractivity (Wildman–Crippen MR) is 72.9 cm³/mol. The molecule has 0 aliphatic heterocycles. The van der Waals surface area contributed by atoms with Gasteiger partial charge in [-0.2, -0.15) is 0 Å². The molecule has 1 aromatic heterocycles. The highest BCUT2D eigenvalue weighted by atomic mass is 16.4. The van der Waals surface area contributed by atoms with Crippen LogP contribution in [0, 0.1) is 5.92 Å². The largest absolute Gasteiger partial charge is 0.478 e. The maximum absolute atomic E-state index is 10.8. The summed E-state index contributed by atoms with van der Waals surface area (Å²) in [4.78, 5) is 17.1. The van der Waals surface area contributed by atoms with Crippen molar-refractivity contribution in [1.29, 1.82) is 0 Å². The number of rotatable bonds is 5. The molecule has 0 saturated heterocycles. The van der Waals surface area contributed by atoms with Crippen molar-refractivity contribution in [2.75, 3.05) is 17.2 Å². The van der Waals surface area contributed by atoms with Gasteiger partial charge in [-0.1, -0.05) is 13.8 Å². The summed E-state index contributed by atoms with van der Waals surface area (Å²) < 4.78 is 0. The van der Waals surface area contributed by atoms with E-state index in [1.165, 1.54) is 12.3 Å². The molecular formula is C13H21N3O2. The number of anilines is 2. The monoisotopic (exact) mass is 251 g/mol. The highest BCUT2D eigenvalue weighted by Crippen LogP contribution is 2.24. The molecule has 18 heavy (non-hydrogen) atoms. The number of pyridine rings is 1. The van der Waals surface area contributed by atoms with Crippen LogP contribution in [0.2, 0.25) is 0 Å². The zero-order valence-electron chi connectivity index (χ0n) is 11.3. The van der Waals surface area contributed by atoms with Gasteiger partial charge in [-0.15, -0.1) is 0 Å². The molecule has 0 atom stereocenters.